The molecule has 1 heterocycles. The minimum absolute atomic E-state index is 0.0757. The lowest BCUT2D eigenvalue weighted by molar-refractivity contribution is -0.139. The molecule has 0 aromatic carbocycles. The van der Waals surface area contributed by atoms with Crippen LogP contribution in [0.3, 0.4) is 0 Å². The van der Waals surface area contributed by atoms with Gasteiger partial charge in [0.05, 0.1) is 13.2 Å². The molecule has 0 aromatic rings. The van der Waals surface area contributed by atoms with E-state index in [0.29, 0.717) is 6.54 Å². The third-order valence-electron chi connectivity index (χ3n) is 3.02. The Balaban J connectivity index is 2.36. The van der Waals surface area contributed by atoms with Crippen molar-refractivity contribution in [1.29, 1.82) is 0 Å². The molecule has 1 fully saturated rings. The average molecular weight is 254 g/mol. The minimum atomic E-state index is -4.38. The molecule has 2 N–H and O–H groups in total. The summed E-state index contributed by atoms with van der Waals surface area (Å²) in [6, 6.07) is -0.133. The van der Waals surface area contributed by atoms with E-state index in [4.69, 9.17) is 5.11 Å². The SMILES string of the molecule is CC1CCN(CC(=O)NCC(F)(F)F)C1CO. The van der Waals surface area contributed by atoms with E-state index in [1.54, 1.807) is 4.90 Å². The first kappa shape index (κ1) is 14.2. The van der Waals surface area contributed by atoms with Crippen LogP contribution >= 0.6 is 0 Å². The second-order valence-corrected chi connectivity index (χ2v) is 4.38. The zero-order valence-electron chi connectivity index (χ0n) is 9.63. The Morgan fingerprint density at radius 1 is 1.53 bits per heavy atom. The number of likely N-dealkylation sites (tertiary alicyclic amines) is 1. The van der Waals surface area contributed by atoms with Crippen LogP contribution in [0.1, 0.15) is 13.3 Å². The van der Waals surface area contributed by atoms with Crippen molar-refractivity contribution in [3.05, 3.63) is 0 Å². The molecule has 0 aliphatic carbocycles. The van der Waals surface area contributed by atoms with Crippen LogP contribution in [0.4, 0.5) is 13.2 Å². The second-order valence-electron chi connectivity index (χ2n) is 4.38. The molecule has 1 saturated heterocycles. The van der Waals surface area contributed by atoms with E-state index in [0.717, 1.165) is 6.42 Å². The maximum Gasteiger partial charge on any atom is 0.405 e. The van der Waals surface area contributed by atoms with Crippen LogP contribution in [0.25, 0.3) is 0 Å². The van der Waals surface area contributed by atoms with Gasteiger partial charge in [-0.25, -0.2) is 0 Å². The number of aliphatic hydroxyl groups is 1. The highest BCUT2D eigenvalue weighted by Crippen LogP contribution is 2.22. The van der Waals surface area contributed by atoms with Crippen molar-refractivity contribution in [2.45, 2.75) is 25.6 Å². The molecule has 2 atom stereocenters. The predicted molar refractivity (Wildman–Crippen MR) is 55.3 cm³/mol. The number of carbonyl (C=O) groups is 1. The Morgan fingerprint density at radius 2 is 2.18 bits per heavy atom. The highest BCUT2D eigenvalue weighted by molar-refractivity contribution is 5.78. The van der Waals surface area contributed by atoms with Crippen LogP contribution in [-0.2, 0) is 4.79 Å². The summed E-state index contributed by atoms with van der Waals surface area (Å²) in [5, 5.41) is 10.9. The van der Waals surface area contributed by atoms with Gasteiger partial charge in [-0.15, -0.1) is 0 Å². The summed E-state index contributed by atoms with van der Waals surface area (Å²) in [6.45, 7) is 1.11. The average Bonchev–Trinajstić information content (AvgIpc) is 2.55. The molecular formula is C10H17F3N2O2. The number of aliphatic hydroxyl groups excluding tert-OH is 1. The van der Waals surface area contributed by atoms with Gasteiger partial charge in [0.2, 0.25) is 5.91 Å². The molecule has 0 radical (unpaired) electrons. The summed E-state index contributed by atoms with van der Waals surface area (Å²) in [7, 11) is 0. The number of nitrogens with one attached hydrogen (secondary N) is 1. The number of rotatable bonds is 4. The molecule has 0 saturated carbocycles. The maximum absolute atomic E-state index is 11.9. The first-order chi connectivity index (χ1) is 7.83. The number of alkyl halides is 3. The third-order valence-corrected chi connectivity index (χ3v) is 3.02. The fourth-order valence-electron chi connectivity index (χ4n) is 2.02. The molecule has 0 spiro atoms. The van der Waals surface area contributed by atoms with Crippen LogP contribution in [-0.4, -0.2) is 54.4 Å². The smallest absolute Gasteiger partial charge is 0.395 e. The largest absolute Gasteiger partial charge is 0.405 e. The maximum atomic E-state index is 11.9. The van der Waals surface area contributed by atoms with Crippen molar-refractivity contribution in [3.63, 3.8) is 0 Å². The van der Waals surface area contributed by atoms with Gasteiger partial charge in [0, 0.05) is 6.04 Å². The van der Waals surface area contributed by atoms with Gasteiger partial charge in [-0.05, 0) is 18.9 Å². The Hall–Kier alpha value is -0.820. The number of halogens is 3. The Bertz CT molecular complexity index is 271. The van der Waals surface area contributed by atoms with Crippen molar-refractivity contribution in [2.75, 3.05) is 26.2 Å². The van der Waals surface area contributed by atoms with Gasteiger partial charge < -0.3 is 10.4 Å². The zero-order chi connectivity index (χ0) is 13.1. The van der Waals surface area contributed by atoms with Crippen molar-refractivity contribution in [3.8, 4) is 0 Å². The summed E-state index contributed by atoms with van der Waals surface area (Å²) >= 11 is 0. The minimum Gasteiger partial charge on any atom is -0.395 e. The molecule has 17 heavy (non-hydrogen) atoms. The highest BCUT2D eigenvalue weighted by atomic mass is 19.4. The molecule has 1 aliphatic heterocycles. The van der Waals surface area contributed by atoms with Gasteiger partial charge in [-0.2, -0.15) is 13.2 Å². The Morgan fingerprint density at radius 3 is 2.71 bits per heavy atom. The van der Waals surface area contributed by atoms with Crippen molar-refractivity contribution < 1.29 is 23.1 Å². The zero-order valence-corrected chi connectivity index (χ0v) is 9.63. The van der Waals surface area contributed by atoms with Crippen LogP contribution in [0.5, 0.6) is 0 Å². The fourth-order valence-corrected chi connectivity index (χ4v) is 2.02. The molecule has 4 nitrogen and oxygen atoms in total. The van der Waals surface area contributed by atoms with Crippen molar-refractivity contribution in [2.24, 2.45) is 5.92 Å². The molecule has 0 aromatic heterocycles. The molecular weight excluding hydrogens is 237 g/mol. The lowest BCUT2D eigenvalue weighted by Gasteiger charge is -2.24. The molecule has 7 heteroatoms. The summed E-state index contributed by atoms with van der Waals surface area (Å²) < 4.78 is 35.6. The molecule has 1 amide bonds. The number of carbonyl (C=O) groups excluding carboxylic acids is 1. The van der Waals surface area contributed by atoms with Gasteiger partial charge in [0.1, 0.15) is 6.54 Å². The number of hydrogen-bond donors (Lipinski definition) is 2. The Labute approximate surface area is 97.8 Å². The van der Waals surface area contributed by atoms with Crippen LogP contribution in [0, 0.1) is 5.92 Å². The number of amides is 1. The molecule has 1 aliphatic rings. The van der Waals surface area contributed by atoms with E-state index in [1.807, 2.05) is 12.2 Å². The van der Waals surface area contributed by atoms with Crippen LogP contribution < -0.4 is 5.32 Å². The monoisotopic (exact) mass is 254 g/mol. The summed E-state index contributed by atoms with van der Waals surface area (Å²) in [5.41, 5.74) is 0. The summed E-state index contributed by atoms with van der Waals surface area (Å²) in [5.74, 6) is -0.398. The second kappa shape index (κ2) is 5.68. The molecule has 0 bridgehead atoms. The van der Waals surface area contributed by atoms with Crippen LogP contribution in [0.15, 0.2) is 0 Å². The molecule has 2 unspecified atom stereocenters. The number of nitrogens with zero attached hydrogens (tertiary/aromatic N) is 1. The Kier molecular flexibility index (Phi) is 4.76. The molecule has 1 rings (SSSR count). The van der Waals surface area contributed by atoms with Gasteiger partial charge in [-0.3, -0.25) is 9.69 Å². The standard InChI is InChI=1S/C10H17F3N2O2/c1-7-2-3-15(8(7)5-16)4-9(17)14-6-10(11,12)13/h7-8,16H,2-6H2,1H3,(H,14,17). The summed E-state index contributed by atoms with van der Waals surface area (Å²) in [6.07, 6.45) is -3.54. The van der Waals surface area contributed by atoms with E-state index in [2.05, 4.69) is 0 Å². The van der Waals surface area contributed by atoms with E-state index < -0.39 is 18.6 Å². The van der Waals surface area contributed by atoms with Crippen molar-refractivity contribution in [1.82, 2.24) is 10.2 Å². The van der Waals surface area contributed by atoms with Gasteiger partial charge in [0.15, 0.2) is 0 Å². The first-order valence-corrected chi connectivity index (χ1v) is 5.52. The van der Waals surface area contributed by atoms with Crippen LogP contribution in [0.2, 0.25) is 0 Å². The fraction of sp³-hybridized carbons (Fsp3) is 0.900. The topological polar surface area (TPSA) is 52.6 Å². The first-order valence-electron chi connectivity index (χ1n) is 5.52. The van der Waals surface area contributed by atoms with Gasteiger partial charge in [-0.1, -0.05) is 6.92 Å². The van der Waals surface area contributed by atoms with Gasteiger partial charge >= 0.3 is 6.18 Å². The van der Waals surface area contributed by atoms with Crippen molar-refractivity contribution >= 4 is 5.91 Å². The molecule has 100 valence electrons. The van der Waals surface area contributed by atoms with E-state index >= 15 is 0 Å². The lowest BCUT2D eigenvalue weighted by Crippen LogP contribution is -2.44. The normalized spacial score (nSPS) is 26.2. The van der Waals surface area contributed by atoms with E-state index in [-0.39, 0.29) is 25.1 Å². The highest BCUT2D eigenvalue weighted by Gasteiger charge is 2.32. The quantitative estimate of drug-likeness (QED) is 0.762. The van der Waals surface area contributed by atoms with E-state index in [9.17, 15) is 18.0 Å². The third kappa shape index (κ3) is 4.51. The van der Waals surface area contributed by atoms with Gasteiger partial charge in [0.25, 0.3) is 0 Å². The number of hydrogen-bond acceptors (Lipinski definition) is 3. The predicted octanol–water partition coefficient (Wildman–Crippen LogP) is 0.368. The van der Waals surface area contributed by atoms with E-state index in [1.165, 1.54) is 0 Å². The summed E-state index contributed by atoms with van der Waals surface area (Å²) in [4.78, 5) is 13.0. The lowest BCUT2D eigenvalue weighted by atomic mass is 10.0.